The Bertz CT molecular complexity index is 285. The minimum Gasteiger partial charge on any atom is -0.338 e. The van der Waals surface area contributed by atoms with Crippen LogP contribution < -0.4 is 31.9 Å². The number of urea groups is 2. The summed E-state index contributed by atoms with van der Waals surface area (Å²) in [7, 11) is 0. The number of carbonyl (C=O) groups is 2. The van der Waals surface area contributed by atoms with Crippen LogP contribution in [-0.4, -0.2) is 64.4 Å². The van der Waals surface area contributed by atoms with Crippen LogP contribution in [0.5, 0.6) is 0 Å². The smallest absolute Gasteiger partial charge is 0.314 e. The van der Waals surface area contributed by atoms with Gasteiger partial charge in [-0.05, 0) is 65.7 Å². The minimum absolute atomic E-state index is 0.0928. The highest BCUT2D eigenvalue weighted by Crippen LogP contribution is 1.85. The van der Waals surface area contributed by atoms with Gasteiger partial charge in [0.05, 0.1) is 0 Å². The van der Waals surface area contributed by atoms with Crippen molar-refractivity contribution in [3.05, 3.63) is 0 Å². The summed E-state index contributed by atoms with van der Waals surface area (Å²) < 4.78 is 0. The zero-order valence-corrected chi connectivity index (χ0v) is 15.3. The Morgan fingerprint density at radius 1 is 0.542 bits per heavy atom. The molecule has 4 amide bonds. The van der Waals surface area contributed by atoms with Crippen LogP contribution in [0.4, 0.5) is 9.59 Å². The Morgan fingerprint density at radius 2 is 0.917 bits per heavy atom. The molecule has 0 aliphatic heterocycles. The van der Waals surface area contributed by atoms with E-state index in [0.29, 0.717) is 26.2 Å². The largest absolute Gasteiger partial charge is 0.338 e. The number of nitrogens with one attached hydrogen (secondary N) is 6. The topological polar surface area (TPSA) is 106 Å². The lowest BCUT2D eigenvalue weighted by Crippen LogP contribution is -2.36. The fraction of sp³-hybridized carbons (Fsp3) is 0.875. The molecule has 0 aromatic heterocycles. The zero-order valence-electron chi connectivity index (χ0n) is 15.3. The van der Waals surface area contributed by atoms with Crippen molar-refractivity contribution < 1.29 is 9.59 Å². The van der Waals surface area contributed by atoms with Gasteiger partial charge in [0, 0.05) is 26.2 Å². The normalized spacial score (nSPS) is 10.2. The molecule has 0 fully saturated rings. The highest BCUT2D eigenvalue weighted by Gasteiger charge is 1.97. The van der Waals surface area contributed by atoms with Crippen molar-refractivity contribution in [3.8, 4) is 0 Å². The van der Waals surface area contributed by atoms with Gasteiger partial charge in [0.2, 0.25) is 0 Å². The van der Waals surface area contributed by atoms with Gasteiger partial charge in [-0.2, -0.15) is 0 Å². The van der Waals surface area contributed by atoms with Gasteiger partial charge in [-0.15, -0.1) is 0 Å². The van der Waals surface area contributed by atoms with Crippen molar-refractivity contribution in [3.63, 3.8) is 0 Å². The molecule has 0 heterocycles. The van der Waals surface area contributed by atoms with E-state index in [1.807, 2.05) is 13.8 Å². The number of unbranched alkanes of at least 4 members (excludes halogenated alkanes) is 1. The average Bonchev–Trinajstić information content (AvgIpc) is 2.55. The van der Waals surface area contributed by atoms with Crippen LogP contribution >= 0.6 is 0 Å². The molecule has 0 saturated carbocycles. The first-order chi connectivity index (χ1) is 11.7. The maximum atomic E-state index is 11.1. The molecule has 8 nitrogen and oxygen atoms in total. The summed E-state index contributed by atoms with van der Waals surface area (Å²) in [5.74, 6) is 0. The molecule has 0 aromatic carbocycles. The molecular weight excluding hydrogens is 308 g/mol. The number of amides is 4. The van der Waals surface area contributed by atoms with Crippen molar-refractivity contribution in [1.29, 1.82) is 0 Å². The molecule has 0 atom stereocenters. The average molecular weight is 345 g/mol. The molecule has 0 radical (unpaired) electrons. The first kappa shape index (κ1) is 22.5. The van der Waals surface area contributed by atoms with E-state index in [-0.39, 0.29) is 12.1 Å². The van der Waals surface area contributed by atoms with Crippen molar-refractivity contribution in [2.45, 2.75) is 39.5 Å². The maximum absolute atomic E-state index is 11.1. The van der Waals surface area contributed by atoms with Gasteiger partial charge >= 0.3 is 12.1 Å². The fourth-order valence-electron chi connectivity index (χ4n) is 2.03. The Hall–Kier alpha value is -1.54. The van der Waals surface area contributed by atoms with Crippen molar-refractivity contribution in [2.24, 2.45) is 0 Å². The van der Waals surface area contributed by atoms with E-state index in [1.54, 1.807) is 0 Å². The molecular formula is C16H36N6O2. The van der Waals surface area contributed by atoms with Crippen LogP contribution in [0.15, 0.2) is 0 Å². The summed E-state index contributed by atoms with van der Waals surface area (Å²) in [5.41, 5.74) is 0. The Labute approximate surface area is 146 Å². The Kier molecular flexibility index (Phi) is 16.7. The molecule has 142 valence electrons. The van der Waals surface area contributed by atoms with Crippen LogP contribution in [0.3, 0.4) is 0 Å². The molecule has 0 aliphatic carbocycles. The van der Waals surface area contributed by atoms with Gasteiger partial charge in [0.15, 0.2) is 0 Å². The molecule has 0 unspecified atom stereocenters. The van der Waals surface area contributed by atoms with Gasteiger partial charge in [0.1, 0.15) is 0 Å². The lowest BCUT2D eigenvalue weighted by Gasteiger charge is -2.08. The predicted octanol–water partition coefficient (Wildman–Crippen LogP) is 0.364. The van der Waals surface area contributed by atoms with E-state index in [0.717, 1.165) is 51.9 Å². The van der Waals surface area contributed by atoms with E-state index in [9.17, 15) is 9.59 Å². The summed E-state index contributed by atoms with van der Waals surface area (Å²) in [4.78, 5) is 22.3. The van der Waals surface area contributed by atoms with E-state index in [1.165, 1.54) is 0 Å². The van der Waals surface area contributed by atoms with Crippen molar-refractivity contribution in [1.82, 2.24) is 31.9 Å². The zero-order chi connectivity index (χ0) is 17.9. The predicted molar refractivity (Wildman–Crippen MR) is 98.4 cm³/mol. The summed E-state index contributed by atoms with van der Waals surface area (Å²) in [6.45, 7) is 10.4. The third kappa shape index (κ3) is 16.8. The van der Waals surface area contributed by atoms with E-state index >= 15 is 0 Å². The molecule has 8 heteroatoms. The molecule has 0 rings (SSSR count). The van der Waals surface area contributed by atoms with Gasteiger partial charge in [-0.1, -0.05) is 0 Å². The summed E-state index contributed by atoms with van der Waals surface area (Å²) in [6.07, 6.45) is 4.14. The van der Waals surface area contributed by atoms with E-state index < -0.39 is 0 Å². The highest BCUT2D eigenvalue weighted by atomic mass is 16.2. The Morgan fingerprint density at radius 3 is 1.29 bits per heavy atom. The number of hydrogen-bond acceptors (Lipinski definition) is 4. The number of carbonyl (C=O) groups excluding carboxylic acids is 2. The van der Waals surface area contributed by atoms with Crippen LogP contribution in [0, 0.1) is 0 Å². The first-order valence-corrected chi connectivity index (χ1v) is 9.15. The maximum Gasteiger partial charge on any atom is 0.314 e. The molecule has 6 N–H and O–H groups in total. The van der Waals surface area contributed by atoms with Gasteiger partial charge in [-0.3, -0.25) is 0 Å². The first-order valence-electron chi connectivity index (χ1n) is 9.15. The SMILES string of the molecule is CCNC(=O)NCCCNCCCCNCCCNC(=O)NCC. The molecule has 0 spiro atoms. The van der Waals surface area contributed by atoms with E-state index in [2.05, 4.69) is 31.9 Å². The highest BCUT2D eigenvalue weighted by molar-refractivity contribution is 5.73. The molecule has 0 aromatic rings. The lowest BCUT2D eigenvalue weighted by molar-refractivity contribution is 0.240. The fourth-order valence-corrected chi connectivity index (χ4v) is 2.03. The van der Waals surface area contributed by atoms with Crippen molar-refractivity contribution >= 4 is 12.1 Å². The minimum atomic E-state index is -0.0928. The molecule has 0 saturated heterocycles. The standard InChI is InChI=1S/C16H36N6O2/c1-3-19-15(23)21-13-7-11-17-9-5-6-10-18-12-8-14-22-16(24)20-4-2/h17-18H,3-14H2,1-2H3,(H2,19,21,23)(H2,20,22,24). The molecule has 0 bridgehead atoms. The second-order valence-corrected chi connectivity index (χ2v) is 5.49. The van der Waals surface area contributed by atoms with Crippen LogP contribution in [-0.2, 0) is 0 Å². The third-order valence-corrected chi connectivity index (χ3v) is 3.26. The van der Waals surface area contributed by atoms with E-state index in [4.69, 9.17) is 0 Å². The molecule has 0 aliphatic rings. The number of hydrogen-bond donors (Lipinski definition) is 6. The summed E-state index contributed by atoms with van der Waals surface area (Å²) >= 11 is 0. The van der Waals surface area contributed by atoms with Gasteiger partial charge in [0.25, 0.3) is 0 Å². The second-order valence-electron chi connectivity index (χ2n) is 5.49. The lowest BCUT2D eigenvalue weighted by atomic mass is 10.3. The van der Waals surface area contributed by atoms with Crippen molar-refractivity contribution in [2.75, 3.05) is 52.4 Å². The number of rotatable bonds is 15. The van der Waals surface area contributed by atoms with Gasteiger partial charge in [-0.25, -0.2) is 9.59 Å². The molecule has 24 heavy (non-hydrogen) atoms. The van der Waals surface area contributed by atoms with Crippen LogP contribution in [0.25, 0.3) is 0 Å². The quantitative estimate of drug-likeness (QED) is 0.241. The summed E-state index contributed by atoms with van der Waals surface area (Å²) in [6, 6.07) is -0.186. The summed E-state index contributed by atoms with van der Waals surface area (Å²) in [5, 5.41) is 17.7. The monoisotopic (exact) mass is 344 g/mol. The van der Waals surface area contributed by atoms with Crippen LogP contribution in [0.2, 0.25) is 0 Å². The van der Waals surface area contributed by atoms with Crippen LogP contribution in [0.1, 0.15) is 39.5 Å². The Balaban J connectivity index is 3.10. The third-order valence-electron chi connectivity index (χ3n) is 3.26. The van der Waals surface area contributed by atoms with Gasteiger partial charge < -0.3 is 31.9 Å². The second kappa shape index (κ2) is 17.8.